The Hall–Kier alpha value is -2.87. The lowest BCUT2D eigenvalue weighted by Gasteiger charge is -2.12. The summed E-state index contributed by atoms with van der Waals surface area (Å²) >= 11 is 0. The SMILES string of the molecule is NC(=O)c1c(-c2ccccc2)cccc1-c1ccccc1. The van der Waals surface area contributed by atoms with Gasteiger partial charge in [0.25, 0.3) is 0 Å². The predicted octanol–water partition coefficient (Wildman–Crippen LogP) is 4.12. The van der Waals surface area contributed by atoms with Crippen LogP contribution in [0.5, 0.6) is 0 Å². The van der Waals surface area contributed by atoms with Gasteiger partial charge in [-0.3, -0.25) is 4.79 Å². The van der Waals surface area contributed by atoms with Crippen molar-refractivity contribution in [3.8, 4) is 22.3 Å². The summed E-state index contributed by atoms with van der Waals surface area (Å²) in [4.78, 5) is 12.0. The van der Waals surface area contributed by atoms with E-state index in [1.807, 2.05) is 78.9 Å². The Morgan fingerprint density at radius 1 is 0.619 bits per heavy atom. The molecule has 2 heteroatoms. The van der Waals surface area contributed by atoms with Crippen LogP contribution in [0.25, 0.3) is 22.3 Å². The molecule has 102 valence electrons. The zero-order valence-corrected chi connectivity index (χ0v) is 11.5. The number of rotatable bonds is 3. The van der Waals surface area contributed by atoms with Crippen LogP contribution < -0.4 is 5.73 Å². The van der Waals surface area contributed by atoms with E-state index in [4.69, 9.17) is 5.73 Å². The maximum absolute atomic E-state index is 12.0. The Balaban J connectivity index is 2.26. The molecule has 1 amide bonds. The van der Waals surface area contributed by atoms with Crippen LogP contribution in [0.3, 0.4) is 0 Å². The third-order valence-corrected chi connectivity index (χ3v) is 3.48. The van der Waals surface area contributed by atoms with Gasteiger partial charge in [0.15, 0.2) is 0 Å². The van der Waals surface area contributed by atoms with Gasteiger partial charge in [-0.05, 0) is 22.3 Å². The van der Waals surface area contributed by atoms with Crippen molar-refractivity contribution in [1.29, 1.82) is 0 Å². The highest BCUT2D eigenvalue weighted by Crippen LogP contribution is 2.31. The fourth-order valence-corrected chi connectivity index (χ4v) is 2.53. The minimum Gasteiger partial charge on any atom is -0.366 e. The summed E-state index contributed by atoms with van der Waals surface area (Å²) in [6.45, 7) is 0. The topological polar surface area (TPSA) is 43.1 Å². The van der Waals surface area contributed by atoms with Crippen LogP contribution in [0.15, 0.2) is 78.9 Å². The summed E-state index contributed by atoms with van der Waals surface area (Å²) in [5.41, 5.74) is 9.93. The second-order valence-electron chi connectivity index (χ2n) is 4.82. The van der Waals surface area contributed by atoms with Gasteiger partial charge in [-0.15, -0.1) is 0 Å². The summed E-state index contributed by atoms with van der Waals surface area (Å²) in [6, 6.07) is 25.5. The van der Waals surface area contributed by atoms with Gasteiger partial charge in [0, 0.05) is 0 Å². The summed E-state index contributed by atoms with van der Waals surface area (Å²) in [5.74, 6) is -0.409. The Kier molecular flexibility index (Phi) is 3.52. The van der Waals surface area contributed by atoms with E-state index < -0.39 is 5.91 Å². The summed E-state index contributed by atoms with van der Waals surface area (Å²) in [6.07, 6.45) is 0. The number of primary amides is 1. The smallest absolute Gasteiger partial charge is 0.249 e. The number of amides is 1. The lowest BCUT2D eigenvalue weighted by Crippen LogP contribution is -2.14. The van der Waals surface area contributed by atoms with E-state index in [-0.39, 0.29) is 0 Å². The third kappa shape index (κ3) is 2.56. The van der Waals surface area contributed by atoms with Crippen molar-refractivity contribution in [3.05, 3.63) is 84.4 Å². The van der Waals surface area contributed by atoms with Gasteiger partial charge in [-0.25, -0.2) is 0 Å². The number of carbonyl (C=O) groups is 1. The minimum absolute atomic E-state index is 0.409. The van der Waals surface area contributed by atoms with Crippen molar-refractivity contribution in [2.45, 2.75) is 0 Å². The van der Waals surface area contributed by atoms with Gasteiger partial charge in [0.1, 0.15) is 0 Å². The lowest BCUT2D eigenvalue weighted by atomic mass is 9.91. The Bertz CT molecular complexity index is 706. The molecule has 2 nitrogen and oxygen atoms in total. The highest BCUT2D eigenvalue weighted by molar-refractivity contribution is 6.06. The number of hydrogen-bond donors (Lipinski definition) is 1. The molecule has 2 N–H and O–H groups in total. The number of carbonyl (C=O) groups excluding carboxylic acids is 1. The molecule has 0 aliphatic rings. The summed E-state index contributed by atoms with van der Waals surface area (Å²) in [5, 5.41) is 0. The minimum atomic E-state index is -0.409. The van der Waals surface area contributed by atoms with Crippen molar-refractivity contribution in [1.82, 2.24) is 0 Å². The standard InChI is InChI=1S/C19H15NO/c20-19(21)18-16(14-8-3-1-4-9-14)12-7-13-17(18)15-10-5-2-6-11-15/h1-13H,(H2,20,21). The molecule has 3 rings (SSSR count). The Labute approximate surface area is 123 Å². The van der Waals surface area contributed by atoms with Gasteiger partial charge in [-0.1, -0.05) is 78.9 Å². The fraction of sp³-hybridized carbons (Fsp3) is 0. The summed E-state index contributed by atoms with van der Waals surface area (Å²) in [7, 11) is 0. The van der Waals surface area contributed by atoms with Crippen molar-refractivity contribution in [3.63, 3.8) is 0 Å². The first kappa shape index (κ1) is 13.1. The van der Waals surface area contributed by atoms with Gasteiger partial charge < -0.3 is 5.73 Å². The van der Waals surface area contributed by atoms with Crippen LogP contribution in [-0.2, 0) is 0 Å². The fourth-order valence-electron chi connectivity index (χ4n) is 2.53. The van der Waals surface area contributed by atoms with E-state index in [9.17, 15) is 4.79 Å². The molecule has 0 bridgehead atoms. The predicted molar refractivity (Wildman–Crippen MR) is 85.8 cm³/mol. The monoisotopic (exact) mass is 273 g/mol. The number of hydrogen-bond acceptors (Lipinski definition) is 1. The van der Waals surface area contributed by atoms with Crippen molar-refractivity contribution < 1.29 is 4.79 Å². The normalized spacial score (nSPS) is 10.3. The van der Waals surface area contributed by atoms with Gasteiger partial charge >= 0.3 is 0 Å². The molecule has 0 fully saturated rings. The van der Waals surface area contributed by atoms with E-state index in [1.54, 1.807) is 0 Å². The van der Waals surface area contributed by atoms with Gasteiger partial charge in [-0.2, -0.15) is 0 Å². The largest absolute Gasteiger partial charge is 0.366 e. The molecular formula is C19H15NO. The molecule has 0 atom stereocenters. The zero-order valence-electron chi connectivity index (χ0n) is 11.5. The molecule has 0 aromatic heterocycles. The van der Waals surface area contributed by atoms with E-state index in [2.05, 4.69) is 0 Å². The quantitative estimate of drug-likeness (QED) is 0.766. The molecule has 0 heterocycles. The lowest BCUT2D eigenvalue weighted by molar-refractivity contribution is 0.100. The average molecular weight is 273 g/mol. The molecular weight excluding hydrogens is 258 g/mol. The first-order valence-electron chi connectivity index (χ1n) is 6.81. The van der Waals surface area contributed by atoms with Crippen LogP contribution in [-0.4, -0.2) is 5.91 Å². The number of benzene rings is 3. The summed E-state index contributed by atoms with van der Waals surface area (Å²) < 4.78 is 0. The van der Waals surface area contributed by atoms with E-state index in [1.165, 1.54) is 0 Å². The Morgan fingerprint density at radius 3 is 1.43 bits per heavy atom. The highest BCUT2D eigenvalue weighted by atomic mass is 16.1. The zero-order chi connectivity index (χ0) is 14.7. The molecule has 0 saturated carbocycles. The van der Waals surface area contributed by atoms with Crippen molar-refractivity contribution >= 4 is 5.91 Å². The highest BCUT2D eigenvalue weighted by Gasteiger charge is 2.15. The van der Waals surface area contributed by atoms with Crippen LogP contribution >= 0.6 is 0 Å². The molecule has 3 aromatic rings. The number of nitrogens with two attached hydrogens (primary N) is 1. The van der Waals surface area contributed by atoms with Crippen LogP contribution in [0, 0.1) is 0 Å². The first-order chi connectivity index (χ1) is 10.3. The van der Waals surface area contributed by atoms with Crippen LogP contribution in [0.1, 0.15) is 10.4 Å². The second kappa shape index (κ2) is 5.63. The molecule has 3 aromatic carbocycles. The average Bonchev–Trinajstić information content (AvgIpc) is 2.55. The van der Waals surface area contributed by atoms with Gasteiger partial charge in [0.2, 0.25) is 5.91 Å². The molecule has 21 heavy (non-hydrogen) atoms. The van der Waals surface area contributed by atoms with Crippen molar-refractivity contribution in [2.75, 3.05) is 0 Å². The molecule has 0 radical (unpaired) electrons. The van der Waals surface area contributed by atoms with Gasteiger partial charge in [0.05, 0.1) is 5.56 Å². The van der Waals surface area contributed by atoms with E-state index in [0.29, 0.717) is 5.56 Å². The van der Waals surface area contributed by atoms with E-state index in [0.717, 1.165) is 22.3 Å². The third-order valence-electron chi connectivity index (χ3n) is 3.48. The maximum Gasteiger partial charge on any atom is 0.249 e. The maximum atomic E-state index is 12.0. The van der Waals surface area contributed by atoms with Crippen LogP contribution in [0.4, 0.5) is 0 Å². The first-order valence-corrected chi connectivity index (χ1v) is 6.81. The molecule has 0 unspecified atom stereocenters. The Morgan fingerprint density at radius 2 is 1.05 bits per heavy atom. The molecule has 0 saturated heterocycles. The van der Waals surface area contributed by atoms with Crippen LogP contribution in [0.2, 0.25) is 0 Å². The van der Waals surface area contributed by atoms with E-state index >= 15 is 0 Å². The second-order valence-corrected chi connectivity index (χ2v) is 4.82. The molecule has 0 aliphatic heterocycles. The molecule has 0 aliphatic carbocycles. The van der Waals surface area contributed by atoms with Crippen molar-refractivity contribution in [2.24, 2.45) is 5.73 Å². The molecule has 0 spiro atoms.